The van der Waals surface area contributed by atoms with Gasteiger partial charge in [-0.2, -0.15) is 0 Å². The number of fused-ring (bicyclic) bond motifs is 1. The van der Waals surface area contributed by atoms with Crippen LogP contribution in [0, 0.1) is 6.92 Å². The van der Waals surface area contributed by atoms with Gasteiger partial charge in [0.15, 0.2) is 6.10 Å². The molecule has 2 aromatic carbocycles. The minimum Gasteiger partial charge on any atom is -0.478 e. The maximum atomic E-state index is 12.5. The fourth-order valence-electron chi connectivity index (χ4n) is 2.76. The fraction of sp³-hybridized carbons (Fsp3) is 0.278. The molecule has 1 N–H and O–H groups in total. The van der Waals surface area contributed by atoms with E-state index in [0.29, 0.717) is 17.1 Å². The van der Waals surface area contributed by atoms with E-state index in [0.717, 1.165) is 11.8 Å². The topological polar surface area (TPSA) is 75.7 Å². The van der Waals surface area contributed by atoms with E-state index in [1.165, 1.54) is 4.31 Å². The number of amides is 1. The summed E-state index contributed by atoms with van der Waals surface area (Å²) in [6.45, 7) is 2.06. The lowest BCUT2D eigenvalue weighted by Crippen LogP contribution is -2.35. The molecule has 0 fully saturated rings. The third-order valence-electron chi connectivity index (χ3n) is 3.98. The van der Waals surface area contributed by atoms with E-state index in [1.54, 1.807) is 24.3 Å². The predicted molar refractivity (Wildman–Crippen MR) is 97.5 cm³/mol. The summed E-state index contributed by atoms with van der Waals surface area (Å²) in [6, 6.07) is 14.4. The molecule has 0 radical (unpaired) electrons. The van der Waals surface area contributed by atoms with Crippen LogP contribution in [-0.2, 0) is 14.8 Å². The number of rotatable bonds is 3. The first-order valence-electron chi connectivity index (χ1n) is 7.95. The standard InChI is InChI=1S/C18H20N2O4S/c1-13-8-9-16-15(12-13)20(25(2,22)23)11-10-17(24-16)18(21)19-14-6-4-3-5-7-14/h3-9,12,17H,10-11H2,1-2H3,(H,19,21)/t17-/m1/s1. The van der Waals surface area contributed by atoms with Gasteiger partial charge in [0, 0.05) is 18.7 Å². The Bertz CT molecular complexity index is 881. The van der Waals surface area contributed by atoms with E-state index in [-0.39, 0.29) is 18.9 Å². The van der Waals surface area contributed by atoms with Crippen LogP contribution in [0.5, 0.6) is 5.75 Å². The minimum absolute atomic E-state index is 0.183. The highest BCUT2D eigenvalue weighted by Gasteiger charge is 2.31. The van der Waals surface area contributed by atoms with Crippen molar-refractivity contribution in [2.24, 2.45) is 0 Å². The first-order valence-corrected chi connectivity index (χ1v) is 9.80. The Labute approximate surface area is 147 Å². The van der Waals surface area contributed by atoms with Crippen molar-refractivity contribution in [3.8, 4) is 5.75 Å². The van der Waals surface area contributed by atoms with Gasteiger partial charge in [0.05, 0.1) is 11.9 Å². The molecule has 1 aliphatic rings. The van der Waals surface area contributed by atoms with Crippen molar-refractivity contribution in [1.82, 2.24) is 0 Å². The van der Waals surface area contributed by atoms with Gasteiger partial charge in [-0.05, 0) is 36.8 Å². The Balaban J connectivity index is 1.89. The molecule has 1 amide bonds. The maximum absolute atomic E-state index is 12.5. The van der Waals surface area contributed by atoms with Crippen LogP contribution in [0.25, 0.3) is 0 Å². The zero-order chi connectivity index (χ0) is 18.0. The summed E-state index contributed by atoms with van der Waals surface area (Å²) in [5, 5.41) is 2.80. The van der Waals surface area contributed by atoms with Gasteiger partial charge in [0.1, 0.15) is 5.75 Å². The van der Waals surface area contributed by atoms with Crippen LogP contribution >= 0.6 is 0 Å². The molecular weight excluding hydrogens is 340 g/mol. The molecule has 1 aliphatic heterocycles. The second-order valence-corrected chi connectivity index (χ2v) is 7.96. The summed E-state index contributed by atoms with van der Waals surface area (Å²) >= 11 is 0. The van der Waals surface area contributed by atoms with Crippen LogP contribution in [-0.4, -0.2) is 33.2 Å². The minimum atomic E-state index is -3.47. The van der Waals surface area contributed by atoms with Gasteiger partial charge in [-0.25, -0.2) is 8.42 Å². The summed E-state index contributed by atoms with van der Waals surface area (Å²) in [5.74, 6) is 0.0924. The molecule has 3 rings (SSSR count). The number of nitrogens with zero attached hydrogens (tertiary/aromatic N) is 1. The number of hydrogen-bond acceptors (Lipinski definition) is 4. The molecule has 0 spiro atoms. The van der Waals surface area contributed by atoms with E-state index in [9.17, 15) is 13.2 Å². The van der Waals surface area contributed by atoms with Gasteiger partial charge in [-0.15, -0.1) is 0 Å². The van der Waals surface area contributed by atoms with E-state index in [4.69, 9.17) is 4.74 Å². The van der Waals surface area contributed by atoms with Crippen molar-refractivity contribution in [2.45, 2.75) is 19.4 Å². The molecule has 0 saturated heterocycles. The molecule has 6 nitrogen and oxygen atoms in total. The summed E-state index contributed by atoms with van der Waals surface area (Å²) in [7, 11) is -3.47. The quantitative estimate of drug-likeness (QED) is 0.913. The lowest BCUT2D eigenvalue weighted by atomic mass is 10.2. The smallest absolute Gasteiger partial charge is 0.265 e. The van der Waals surface area contributed by atoms with Gasteiger partial charge >= 0.3 is 0 Å². The SMILES string of the molecule is Cc1ccc2c(c1)N(S(C)(=O)=O)CC[C@H](C(=O)Nc1ccccc1)O2. The number of anilines is 2. The van der Waals surface area contributed by atoms with E-state index in [2.05, 4.69) is 5.32 Å². The Morgan fingerprint density at radius 1 is 1.20 bits per heavy atom. The van der Waals surface area contributed by atoms with E-state index in [1.807, 2.05) is 31.2 Å². The van der Waals surface area contributed by atoms with Crippen molar-refractivity contribution < 1.29 is 17.9 Å². The number of sulfonamides is 1. The zero-order valence-corrected chi connectivity index (χ0v) is 14.9. The lowest BCUT2D eigenvalue weighted by molar-refractivity contribution is -0.122. The largest absolute Gasteiger partial charge is 0.478 e. The molecule has 132 valence electrons. The van der Waals surface area contributed by atoms with Crippen molar-refractivity contribution >= 4 is 27.3 Å². The second-order valence-electron chi connectivity index (χ2n) is 6.06. The zero-order valence-electron chi connectivity index (χ0n) is 14.1. The van der Waals surface area contributed by atoms with Crippen LogP contribution in [0.2, 0.25) is 0 Å². The number of ether oxygens (including phenoxy) is 1. The molecule has 0 bridgehead atoms. The third kappa shape index (κ3) is 3.93. The highest BCUT2D eigenvalue weighted by atomic mass is 32.2. The van der Waals surface area contributed by atoms with Crippen LogP contribution in [0.3, 0.4) is 0 Å². The molecule has 1 heterocycles. The molecular formula is C18H20N2O4S. The Morgan fingerprint density at radius 3 is 2.60 bits per heavy atom. The summed E-state index contributed by atoms with van der Waals surface area (Å²) in [5.41, 5.74) is 2.06. The van der Waals surface area contributed by atoms with Crippen molar-refractivity contribution in [3.63, 3.8) is 0 Å². The average molecular weight is 360 g/mol. The number of carbonyl (C=O) groups is 1. The van der Waals surface area contributed by atoms with Gasteiger partial charge < -0.3 is 10.1 Å². The van der Waals surface area contributed by atoms with E-state index < -0.39 is 16.1 Å². The van der Waals surface area contributed by atoms with Crippen LogP contribution in [0.4, 0.5) is 11.4 Å². The number of benzene rings is 2. The predicted octanol–water partition coefficient (Wildman–Crippen LogP) is 2.55. The number of para-hydroxylation sites is 1. The molecule has 25 heavy (non-hydrogen) atoms. The van der Waals surface area contributed by atoms with Gasteiger partial charge in [-0.3, -0.25) is 9.10 Å². The number of nitrogens with one attached hydrogen (secondary N) is 1. The normalized spacial score (nSPS) is 17.2. The summed E-state index contributed by atoms with van der Waals surface area (Å²) in [4.78, 5) is 12.5. The number of hydrogen-bond donors (Lipinski definition) is 1. The first-order chi connectivity index (χ1) is 11.8. The van der Waals surface area contributed by atoms with Gasteiger partial charge in [0.2, 0.25) is 10.0 Å². The highest BCUT2D eigenvalue weighted by molar-refractivity contribution is 7.92. The fourth-order valence-corrected chi connectivity index (χ4v) is 3.70. The first kappa shape index (κ1) is 17.3. The van der Waals surface area contributed by atoms with Crippen LogP contribution < -0.4 is 14.4 Å². The monoisotopic (exact) mass is 360 g/mol. The third-order valence-corrected chi connectivity index (χ3v) is 5.16. The van der Waals surface area contributed by atoms with Crippen LogP contribution in [0.15, 0.2) is 48.5 Å². The maximum Gasteiger partial charge on any atom is 0.265 e. The van der Waals surface area contributed by atoms with Gasteiger partial charge in [0.25, 0.3) is 5.91 Å². The Morgan fingerprint density at radius 2 is 1.92 bits per heavy atom. The second kappa shape index (κ2) is 6.76. The molecule has 0 aromatic heterocycles. The average Bonchev–Trinajstić information content (AvgIpc) is 2.74. The Kier molecular flexibility index (Phi) is 4.67. The van der Waals surface area contributed by atoms with Crippen molar-refractivity contribution in [2.75, 3.05) is 22.4 Å². The van der Waals surface area contributed by atoms with Crippen molar-refractivity contribution in [3.05, 3.63) is 54.1 Å². The number of aryl methyl sites for hydroxylation is 1. The number of carbonyl (C=O) groups excluding carboxylic acids is 1. The molecule has 0 unspecified atom stereocenters. The van der Waals surface area contributed by atoms with Crippen LogP contribution in [0.1, 0.15) is 12.0 Å². The Hall–Kier alpha value is -2.54. The van der Waals surface area contributed by atoms with Crippen molar-refractivity contribution in [1.29, 1.82) is 0 Å². The summed E-state index contributed by atoms with van der Waals surface area (Å²) < 4.78 is 31.5. The van der Waals surface area contributed by atoms with E-state index >= 15 is 0 Å². The summed E-state index contributed by atoms with van der Waals surface area (Å²) in [6.07, 6.45) is 0.650. The molecule has 7 heteroatoms. The lowest BCUT2D eigenvalue weighted by Gasteiger charge is -2.21. The molecule has 2 aromatic rings. The molecule has 0 aliphatic carbocycles. The highest BCUT2D eigenvalue weighted by Crippen LogP contribution is 2.35. The molecule has 0 saturated carbocycles. The van der Waals surface area contributed by atoms with Gasteiger partial charge in [-0.1, -0.05) is 24.3 Å². The molecule has 1 atom stereocenters.